The van der Waals surface area contributed by atoms with Gasteiger partial charge in [0.2, 0.25) is 0 Å². The highest BCUT2D eigenvalue weighted by Gasteiger charge is 2.28. The Morgan fingerprint density at radius 2 is 1.79 bits per heavy atom. The van der Waals surface area contributed by atoms with Gasteiger partial charge < -0.3 is 9.47 Å². The van der Waals surface area contributed by atoms with Crippen molar-refractivity contribution >= 4 is 59.6 Å². The largest absolute Gasteiger partial charge is 0.465 e. The van der Waals surface area contributed by atoms with Crippen LogP contribution in [0.25, 0.3) is 17.2 Å². The number of rotatable bonds is 12. The molecule has 1 unspecified atom stereocenters. The fourth-order valence-corrected chi connectivity index (χ4v) is 6.12. The van der Waals surface area contributed by atoms with Crippen LogP contribution >= 0.6 is 10.8 Å². The van der Waals surface area contributed by atoms with Crippen LogP contribution in [0.15, 0.2) is 46.9 Å². The Labute approximate surface area is 234 Å². The summed E-state index contributed by atoms with van der Waals surface area (Å²) in [6.07, 6.45) is 6.00. The van der Waals surface area contributed by atoms with E-state index < -0.39 is 37.4 Å². The van der Waals surface area contributed by atoms with Crippen molar-refractivity contribution in [1.29, 1.82) is 0 Å². The number of hydrogen-bond donors (Lipinski definition) is 0. The summed E-state index contributed by atoms with van der Waals surface area (Å²) < 4.78 is 59.9. The molecule has 0 bridgehead atoms. The molecule has 0 aliphatic heterocycles. The quantitative estimate of drug-likeness (QED) is 0.135. The van der Waals surface area contributed by atoms with Crippen LogP contribution in [-0.4, -0.2) is 49.4 Å². The van der Waals surface area contributed by atoms with Crippen molar-refractivity contribution < 1.29 is 36.1 Å². The first kappa shape index (κ1) is 30.8. The molecule has 2 aromatic rings. The van der Waals surface area contributed by atoms with E-state index in [0.29, 0.717) is 38.8 Å². The van der Waals surface area contributed by atoms with Crippen LogP contribution in [0.4, 0.5) is 4.39 Å². The van der Waals surface area contributed by atoms with Crippen LogP contribution in [0.5, 0.6) is 5.75 Å². The van der Waals surface area contributed by atoms with E-state index in [1.165, 1.54) is 12.1 Å². The Morgan fingerprint density at radius 1 is 1.10 bits per heavy atom. The summed E-state index contributed by atoms with van der Waals surface area (Å²) in [7, 11) is -3.68. The molecule has 0 aromatic heterocycles. The molecule has 39 heavy (non-hydrogen) atoms. The molecule has 0 saturated heterocycles. The van der Waals surface area contributed by atoms with Crippen LogP contribution in [0.1, 0.15) is 56.2 Å². The van der Waals surface area contributed by atoms with E-state index in [9.17, 15) is 22.2 Å². The molecule has 0 spiro atoms. The number of benzene rings is 2. The minimum absolute atomic E-state index is 0.0788. The van der Waals surface area contributed by atoms with Crippen LogP contribution in [-0.2, 0) is 34.0 Å². The molecule has 0 saturated carbocycles. The molecule has 0 N–H and O–H groups in total. The van der Waals surface area contributed by atoms with Crippen LogP contribution in [0.2, 0.25) is 0 Å². The topological polar surface area (TPSA) is 104 Å². The first-order chi connectivity index (χ1) is 18.4. The van der Waals surface area contributed by atoms with Crippen molar-refractivity contribution in [2.24, 2.45) is 0 Å². The van der Waals surface area contributed by atoms with Gasteiger partial charge in [-0.2, -0.15) is 0 Å². The van der Waals surface area contributed by atoms with Gasteiger partial charge in [-0.15, -0.1) is 0 Å². The maximum absolute atomic E-state index is 15.1. The van der Waals surface area contributed by atoms with Gasteiger partial charge in [-0.25, -0.2) is 12.8 Å². The molecule has 2 aromatic carbocycles. The molecule has 7 nitrogen and oxygen atoms in total. The lowest BCUT2D eigenvalue weighted by Gasteiger charge is -2.11. The van der Waals surface area contributed by atoms with Gasteiger partial charge in [0.05, 0.1) is 6.42 Å². The summed E-state index contributed by atoms with van der Waals surface area (Å²) in [6, 6.07) is 9.88. The van der Waals surface area contributed by atoms with Crippen LogP contribution < -0.4 is 4.74 Å². The van der Waals surface area contributed by atoms with Crippen molar-refractivity contribution in [3.05, 3.63) is 64.5 Å². The minimum atomic E-state index is -3.25. The number of esters is 2. The van der Waals surface area contributed by atoms with E-state index in [1.54, 1.807) is 18.4 Å². The minimum Gasteiger partial charge on any atom is -0.465 e. The zero-order valence-electron chi connectivity index (χ0n) is 22.2. The van der Waals surface area contributed by atoms with Crippen molar-refractivity contribution in [1.82, 2.24) is 0 Å². The van der Waals surface area contributed by atoms with Gasteiger partial charge in [0, 0.05) is 40.4 Å². The van der Waals surface area contributed by atoms with Gasteiger partial charge in [-0.3, -0.25) is 13.8 Å². The number of carbonyl (C=O) groups is 2. The molecule has 0 fully saturated rings. The highest BCUT2D eigenvalue weighted by Crippen LogP contribution is 2.46. The van der Waals surface area contributed by atoms with E-state index in [2.05, 4.69) is 0 Å². The second kappa shape index (κ2) is 13.5. The Hall–Kier alpha value is -2.76. The van der Waals surface area contributed by atoms with Crippen molar-refractivity contribution in [2.75, 3.05) is 24.9 Å². The Kier molecular flexibility index (Phi) is 10.7. The average Bonchev–Trinajstić information content (AvgIpc) is 3.10. The van der Waals surface area contributed by atoms with E-state index in [0.717, 1.165) is 29.4 Å². The van der Waals surface area contributed by atoms with E-state index in [4.69, 9.17) is 9.47 Å². The van der Waals surface area contributed by atoms with E-state index in [-0.39, 0.29) is 31.0 Å². The third kappa shape index (κ3) is 8.61. The van der Waals surface area contributed by atoms with Crippen LogP contribution in [0.3, 0.4) is 0 Å². The van der Waals surface area contributed by atoms with Gasteiger partial charge in [0.1, 0.15) is 6.61 Å². The van der Waals surface area contributed by atoms with Crippen LogP contribution in [0, 0.1) is 5.82 Å². The van der Waals surface area contributed by atoms with Crippen molar-refractivity contribution in [3.8, 4) is 5.75 Å². The summed E-state index contributed by atoms with van der Waals surface area (Å²) in [6.45, 7) is 3.68. The SMILES string of the molecule is CCCCC(=O)Oc1cc2c(cc1F)C(CC(=O)OCCSS(C)(=O)=O)=C(C)/C2=C/c1ccc(S(C)=O)cc1. The average molecular weight is 595 g/mol. The van der Waals surface area contributed by atoms with Gasteiger partial charge in [0.25, 0.3) is 0 Å². The number of unbranched alkanes of at least 4 members (excludes halogenated alkanes) is 1. The normalized spacial score (nSPS) is 14.8. The number of carbonyl (C=O) groups excluding carboxylic acids is 2. The number of ether oxygens (including phenoxy) is 2. The van der Waals surface area contributed by atoms with Gasteiger partial charge in [0.15, 0.2) is 20.4 Å². The smallest absolute Gasteiger partial charge is 0.311 e. The Balaban J connectivity index is 1.95. The third-order valence-electron chi connectivity index (χ3n) is 5.99. The third-order valence-corrected chi connectivity index (χ3v) is 9.47. The fourth-order valence-electron chi connectivity index (χ4n) is 4.04. The summed E-state index contributed by atoms with van der Waals surface area (Å²) >= 11 is 0. The van der Waals surface area contributed by atoms with Gasteiger partial charge >= 0.3 is 11.9 Å². The molecule has 0 amide bonds. The zero-order chi connectivity index (χ0) is 28.7. The molecular formula is C28H31FO7S3. The second-order valence-electron chi connectivity index (χ2n) is 9.01. The molecule has 210 valence electrons. The molecule has 0 radical (unpaired) electrons. The predicted molar refractivity (Wildman–Crippen MR) is 154 cm³/mol. The molecule has 0 heterocycles. The van der Waals surface area contributed by atoms with Crippen molar-refractivity contribution in [2.45, 2.75) is 44.4 Å². The molecule has 1 aliphatic carbocycles. The number of halogens is 1. The highest BCUT2D eigenvalue weighted by molar-refractivity contribution is 8.71. The predicted octanol–water partition coefficient (Wildman–Crippen LogP) is 5.61. The van der Waals surface area contributed by atoms with Crippen molar-refractivity contribution in [3.63, 3.8) is 0 Å². The zero-order valence-corrected chi connectivity index (χ0v) is 24.7. The maximum atomic E-state index is 15.1. The fraction of sp³-hybridized carbons (Fsp3) is 0.357. The molecular weight excluding hydrogens is 564 g/mol. The monoisotopic (exact) mass is 594 g/mol. The lowest BCUT2D eigenvalue weighted by atomic mass is 10.00. The number of hydrogen-bond acceptors (Lipinski definition) is 8. The number of fused-ring (bicyclic) bond motifs is 1. The summed E-state index contributed by atoms with van der Waals surface area (Å²) in [5.74, 6) is -1.91. The summed E-state index contributed by atoms with van der Waals surface area (Å²) in [4.78, 5) is 25.5. The standard InChI is InChI=1S/C28H31FO7S3/c1-5-6-7-27(30)36-26-16-24-21(14-19-8-10-20(11-9-19)38(3)32)18(2)22(23(24)15-25(26)29)17-28(31)35-12-13-37-39(4,33)34/h8-11,14-16H,5-7,12-13,17H2,1-4H3/b21-14-. The lowest BCUT2D eigenvalue weighted by molar-refractivity contribution is -0.141. The first-order valence-corrected chi connectivity index (χ1v) is 17.2. The molecule has 1 atom stereocenters. The van der Waals surface area contributed by atoms with Gasteiger partial charge in [-0.05, 0) is 87.9 Å². The second-order valence-corrected chi connectivity index (χ2v) is 15.0. The van der Waals surface area contributed by atoms with E-state index >= 15 is 4.39 Å². The highest BCUT2D eigenvalue weighted by atomic mass is 33.1. The Bertz CT molecular complexity index is 1440. The first-order valence-electron chi connectivity index (χ1n) is 12.3. The molecule has 1 aliphatic rings. The maximum Gasteiger partial charge on any atom is 0.311 e. The summed E-state index contributed by atoms with van der Waals surface area (Å²) in [5, 5.41) is 0. The lowest BCUT2D eigenvalue weighted by Crippen LogP contribution is -2.10. The number of allylic oxidation sites excluding steroid dienone is 2. The van der Waals surface area contributed by atoms with E-state index in [1.807, 2.05) is 32.1 Å². The summed E-state index contributed by atoms with van der Waals surface area (Å²) in [5.41, 5.74) is 3.90. The Morgan fingerprint density at radius 3 is 2.41 bits per heavy atom. The molecule has 3 rings (SSSR count). The van der Waals surface area contributed by atoms with Gasteiger partial charge in [-0.1, -0.05) is 25.5 Å². The molecule has 11 heteroatoms.